The average molecular weight is 352 g/mol. The molecule has 0 aromatic carbocycles. The molecule has 2 saturated carbocycles. The second kappa shape index (κ2) is 7.99. The van der Waals surface area contributed by atoms with Crippen LogP contribution in [0.25, 0.3) is 0 Å². The Morgan fingerprint density at radius 1 is 1.19 bits per heavy atom. The molecule has 2 aliphatic carbocycles. The van der Waals surface area contributed by atoms with Crippen LogP contribution in [-0.2, 0) is 0 Å². The summed E-state index contributed by atoms with van der Waals surface area (Å²) >= 11 is 0. The van der Waals surface area contributed by atoms with Crippen LogP contribution in [0.1, 0.15) is 66.2 Å². The summed E-state index contributed by atoms with van der Waals surface area (Å²) in [6, 6.07) is 2.38. The van der Waals surface area contributed by atoms with Gasteiger partial charge in [0.2, 0.25) is 0 Å². The maximum absolute atomic E-state index is 9.58. The Morgan fingerprint density at radius 2 is 1.88 bits per heavy atom. The van der Waals surface area contributed by atoms with Crippen molar-refractivity contribution in [3.63, 3.8) is 0 Å². The molecule has 2 aliphatic rings. The van der Waals surface area contributed by atoms with E-state index in [1.54, 1.807) is 0 Å². The Balaban J connectivity index is 2.47. The highest BCUT2D eigenvalue weighted by Gasteiger charge is 2.55. The van der Waals surface area contributed by atoms with E-state index >= 15 is 0 Å². The predicted octanol–water partition coefficient (Wildman–Crippen LogP) is 7.25. The summed E-state index contributed by atoms with van der Waals surface area (Å²) in [5.74, 6) is 2.19. The fourth-order valence-corrected chi connectivity index (χ4v) is 6.13. The smallest absolute Gasteiger partial charge is 0.0990 e. The molecule has 0 spiro atoms. The second-order valence-electron chi connectivity index (χ2n) is 9.55. The number of nitriles is 1. The Bertz CT molecular complexity index is 629. The average Bonchev–Trinajstić information content (AvgIpc) is 2.57. The number of hydrogen-bond donors (Lipinski definition) is 0. The van der Waals surface area contributed by atoms with Crippen molar-refractivity contribution in [2.24, 2.45) is 34.5 Å². The number of rotatable bonds is 6. The highest BCUT2D eigenvalue weighted by Crippen LogP contribution is 2.63. The molecule has 0 bridgehead atoms. The van der Waals surface area contributed by atoms with Gasteiger partial charge in [0.15, 0.2) is 0 Å². The van der Waals surface area contributed by atoms with Gasteiger partial charge in [-0.3, -0.25) is 0 Å². The number of nitrogens with zero attached hydrogens (tertiary/aromatic N) is 1. The van der Waals surface area contributed by atoms with Crippen molar-refractivity contribution in [3.05, 3.63) is 49.1 Å². The van der Waals surface area contributed by atoms with Gasteiger partial charge < -0.3 is 0 Å². The van der Waals surface area contributed by atoms with Crippen LogP contribution in [0.4, 0.5) is 0 Å². The molecule has 0 aromatic heterocycles. The lowest BCUT2D eigenvalue weighted by atomic mass is 9.44. The van der Waals surface area contributed by atoms with Gasteiger partial charge in [0.1, 0.15) is 0 Å². The minimum absolute atomic E-state index is 0.321. The van der Waals surface area contributed by atoms with E-state index in [0.717, 1.165) is 17.6 Å². The Hall–Kier alpha value is -1.55. The van der Waals surface area contributed by atoms with Crippen LogP contribution >= 0.6 is 0 Å². The second-order valence-corrected chi connectivity index (χ2v) is 9.55. The zero-order valence-corrected chi connectivity index (χ0v) is 17.4. The molecule has 142 valence electrons. The Kier molecular flexibility index (Phi) is 6.38. The highest BCUT2D eigenvalue weighted by molar-refractivity contribution is 5.39. The first-order valence-electron chi connectivity index (χ1n) is 10.2. The molecule has 0 aromatic rings. The summed E-state index contributed by atoms with van der Waals surface area (Å²) in [7, 11) is 0. The molecule has 26 heavy (non-hydrogen) atoms. The molecule has 0 radical (unpaired) electrons. The topological polar surface area (TPSA) is 23.8 Å². The van der Waals surface area contributed by atoms with Crippen molar-refractivity contribution in [2.75, 3.05) is 0 Å². The standard InChI is InChI=1S/C25H37N/c1-8-10-11-23-24(5,6)14-13-22-21(16-20(17-26)18(3)4)19(9-2)12-15-25(22,23)7/h8-9,16,19,21-23H,1-3,10-15H2,4-7H3/b20-16-. The van der Waals surface area contributed by atoms with Gasteiger partial charge in [-0.05, 0) is 85.5 Å². The van der Waals surface area contributed by atoms with Crippen LogP contribution in [0, 0.1) is 45.8 Å². The highest BCUT2D eigenvalue weighted by atomic mass is 14.6. The molecule has 2 rings (SSSR count). The van der Waals surface area contributed by atoms with Crippen LogP contribution in [0.3, 0.4) is 0 Å². The first-order chi connectivity index (χ1) is 12.2. The van der Waals surface area contributed by atoms with Gasteiger partial charge in [-0.25, -0.2) is 0 Å². The lowest BCUT2D eigenvalue weighted by Gasteiger charge is -2.60. The largest absolute Gasteiger partial charge is 0.192 e. The Labute approximate surface area is 161 Å². The molecule has 1 heteroatoms. The SMILES string of the molecule is C=CCCC1C(C)(C)CCC2C(/C=C(/C#N)C(=C)C)C(C=C)CCC21C. The minimum Gasteiger partial charge on any atom is -0.192 e. The van der Waals surface area contributed by atoms with Gasteiger partial charge in [0, 0.05) is 0 Å². The third-order valence-electron chi connectivity index (χ3n) is 7.56. The monoisotopic (exact) mass is 351 g/mol. The van der Waals surface area contributed by atoms with E-state index in [9.17, 15) is 5.26 Å². The third-order valence-corrected chi connectivity index (χ3v) is 7.56. The molecule has 5 atom stereocenters. The van der Waals surface area contributed by atoms with E-state index in [1.165, 1.54) is 32.1 Å². The van der Waals surface area contributed by atoms with Gasteiger partial charge in [-0.1, -0.05) is 45.6 Å². The first kappa shape index (κ1) is 20.8. The van der Waals surface area contributed by atoms with E-state index in [4.69, 9.17) is 0 Å². The molecule has 0 aliphatic heterocycles. The van der Waals surface area contributed by atoms with E-state index in [1.807, 2.05) is 6.92 Å². The van der Waals surface area contributed by atoms with Gasteiger partial charge in [-0.2, -0.15) is 5.26 Å². The zero-order valence-electron chi connectivity index (χ0n) is 17.4. The van der Waals surface area contributed by atoms with Crippen LogP contribution in [0.15, 0.2) is 49.1 Å². The van der Waals surface area contributed by atoms with Gasteiger partial charge in [-0.15, -0.1) is 13.2 Å². The summed E-state index contributed by atoms with van der Waals surface area (Å²) < 4.78 is 0. The number of allylic oxidation sites excluding steroid dienone is 5. The van der Waals surface area contributed by atoms with Gasteiger partial charge in [0.25, 0.3) is 0 Å². The van der Waals surface area contributed by atoms with Crippen molar-refractivity contribution in [2.45, 2.75) is 66.2 Å². The summed E-state index contributed by atoms with van der Waals surface area (Å²) in [6.45, 7) is 21.5. The molecular formula is C25H37N. The van der Waals surface area contributed by atoms with Crippen LogP contribution in [0.5, 0.6) is 0 Å². The lowest BCUT2D eigenvalue weighted by Crippen LogP contribution is -2.53. The first-order valence-corrected chi connectivity index (χ1v) is 10.2. The maximum atomic E-state index is 9.58. The summed E-state index contributed by atoms with van der Waals surface area (Å²) in [4.78, 5) is 0. The number of hydrogen-bond acceptors (Lipinski definition) is 1. The van der Waals surface area contributed by atoms with E-state index in [2.05, 4.69) is 64.8 Å². The third kappa shape index (κ3) is 3.75. The maximum Gasteiger partial charge on any atom is 0.0990 e. The fraction of sp³-hybridized carbons (Fsp3) is 0.640. The minimum atomic E-state index is 0.321. The van der Waals surface area contributed by atoms with Crippen molar-refractivity contribution in [1.82, 2.24) is 0 Å². The van der Waals surface area contributed by atoms with Gasteiger partial charge in [0.05, 0.1) is 11.6 Å². The molecule has 2 fully saturated rings. The van der Waals surface area contributed by atoms with Gasteiger partial charge >= 0.3 is 0 Å². The number of fused-ring (bicyclic) bond motifs is 1. The quantitative estimate of drug-likeness (QED) is 0.281. The van der Waals surface area contributed by atoms with E-state index in [-0.39, 0.29) is 0 Å². The van der Waals surface area contributed by atoms with Crippen molar-refractivity contribution in [3.8, 4) is 6.07 Å². The van der Waals surface area contributed by atoms with E-state index in [0.29, 0.717) is 34.5 Å². The van der Waals surface area contributed by atoms with E-state index < -0.39 is 0 Å². The zero-order chi connectivity index (χ0) is 19.5. The molecule has 0 amide bonds. The van der Waals surface area contributed by atoms with Crippen molar-refractivity contribution in [1.29, 1.82) is 5.26 Å². The van der Waals surface area contributed by atoms with Crippen LogP contribution < -0.4 is 0 Å². The summed E-state index contributed by atoms with van der Waals surface area (Å²) in [5.41, 5.74) is 2.33. The lowest BCUT2D eigenvalue weighted by molar-refractivity contribution is -0.100. The molecular weight excluding hydrogens is 314 g/mol. The van der Waals surface area contributed by atoms with Crippen LogP contribution in [-0.4, -0.2) is 0 Å². The molecule has 5 unspecified atom stereocenters. The Morgan fingerprint density at radius 3 is 2.42 bits per heavy atom. The van der Waals surface area contributed by atoms with Crippen molar-refractivity contribution < 1.29 is 0 Å². The summed E-state index contributed by atoms with van der Waals surface area (Å²) in [5, 5.41) is 9.58. The molecule has 1 nitrogen and oxygen atoms in total. The molecule has 0 N–H and O–H groups in total. The molecule has 0 heterocycles. The molecule has 0 saturated heterocycles. The summed E-state index contributed by atoms with van der Waals surface area (Å²) in [6.07, 6.45) is 13.7. The van der Waals surface area contributed by atoms with Crippen LogP contribution in [0.2, 0.25) is 0 Å². The van der Waals surface area contributed by atoms with Crippen molar-refractivity contribution >= 4 is 0 Å². The normalized spacial score (nSPS) is 36.5. The predicted molar refractivity (Wildman–Crippen MR) is 112 cm³/mol. The fourth-order valence-electron chi connectivity index (χ4n) is 6.13.